The van der Waals surface area contributed by atoms with Crippen molar-refractivity contribution in [3.8, 4) is 0 Å². The number of aliphatic hydroxyl groups is 1. The number of hydrogen-bond acceptors (Lipinski definition) is 5. The van der Waals surface area contributed by atoms with Gasteiger partial charge in [0.2, 0.25) is 0 Å². The van der Waals surface area contributed by atoms with Gasteiger partial charge in [0, 0.05) is 12.7 Å². The highest BCUT2D eigenvalue weighted by atomic mass is 16.6. The SMILES string of the molecule is O=C(OCc1ccccc1)N1CCC[C@H]1c1nccc(CO)n1. The summed E-state index contributed by atoms with van der Waals surface area (Å²) in [5.41, 5.74) is 1.51. The highest BCUT2D eigenvalue weighted by Crippen LogP contribution is 2.30. The first kappa shape index (κ1) is 15.4. The lowest BCUT2D eigenvalue weighted by molar-refractivity contribution is 0.0907. The zero-order chi connectivity index (χ0) is 16.1. The highest BCUT2D eigenvalue weighted by molar-refractivity contribution is 5.68. The fourth-order valence-corrected chi connectivity index (χ4v) is 2.72. The molecule has 1 aromatic carbocycles. The van der Waals surface area contributed by atoms with Gasteiger partial charge in [-0.3, -0.25) is 4.90 Å². The lowest BCUT2D eigenvalue weighted by Crippen LogP contribution is -2.32. The molecule has 1 aromatic heterocycles. The van der Waals surface area contributed by atoms with E-state index in [4.69, 9.17) is 4.74 Å². The molecule has 2 heterocycles. The molecule has 0 spiro atoms. The quantitative estimate of drug-likeness (QED) is 0.938. The van der Waals surface area contributed by atoms with Crippen LogP contribution < -0.4 is 0 Å². The van der Waals surface area contributed by atoms with Crippen LogP contribution in [-0.4, -0.2) is 32.6 Å². The van der Waals surface area contributed by atoms with Gasteiger partial charge < -0.3 is 9.84 Å². The molecule has 6 heteroatoms. The first-order valence-electron chi connectivity index (χ1n) is 7.68. The van der Waals surface area contributed by atoms with Crippen LogP contribution in [0.5, 0.6) is 0 Å². The van der Waals surface area contributed by atoms with E-state index >= 15 is 0 Å². The summed E-state index contributed by atoms with van der Waals surface area (Å²) in [5, 5.41) is 9.19. The number of aliphatic hydroxyl groups excluding tert-OH is 1. The second-order valence-corrected chi connectivity index (χ2v) is 5.46. The van der Waals surface area contributed by atoms with E-state index in [1.807, 2.05) is 30.3 Å². The molecule has 6 nitrogen and oxygen atoms in total. The Bertz CT molecular complexity index is 663. The predicted octanol–water partition coefficient (Wildman–Crippen LogP) is 2.44. The number of carbonyl (C=O) groups is 1. The van der Waals surface area contributed by atoms with Crippen LogP contribution in [0.4, 0.5) is 4.79 Å². The summed E-state index contributed by atoms with van der Waals surface area (Å²) in [6.07, 6.45) is 2.95. The van der Waals surface area contributed by atoms with Crippen molar-refractivity contribution in [2.24, 2.45) is 0 Å². The summed E-state index contributed by atoms with van der Waals surface area (Å²) >= 11 is 0. The second kappa shape index (κ2) is 7.19. The molecule has 0 saturated carbocycles. The van der Waals surface area contributed by atoms with Gasteiger partial charge in [-0.2, -0.15) is 0 Å². The lowest BCUT2D eigenvalue weighted by Gasteiger charge is -2.23. The number of aromatic nitrogens is 2. The van der Waals surface area contributed by atoms with E-state index in [9.17, 15) is 9.90 Å². The Morgan fingerprint density at radius 3 is 2.91 bits per heavy atom. The Kier molecular flexibility index (Phi) is 4.83. The minimum Gasteiger partial charge on any atom is -0.445 e. The molecule has 1 aliphatic rings. The van der Waals surface area contributed by atoms with Crippen molar-refractivity contribution >= 4 is 6.09 Å². The van der Waals surface area contributed by atoms with Crippen LogP contribution >= 0.6 is 0 Å². The molecule has 1 N–H and O–H groups in total. The molecule has 2 aromatic rings. The van der Waals surface area contributed by atoms with Crippen LogP contribution in [0, 0.1) is 0 Å². The summed E-state index contributed by atoms with van der Waals surface area (Å²) in [5.74, 6) is 0.561. The summed E-state index contributed by atoms with van der Waals surface area (Å²) < 4.78 is 5.40. The molecule has 1 atom stereocenters. The Morgan fingerprint density at radius 1 is 1.30 bits per heavy atom. The van der Waals surface area contributed by atoms with E-state index in [1.54, 1.807) is 17.2 Å². The summed E-state index contributed by atoms with van der Waals surface area (Å²) in [7, 11) is 0. The van der Waals surface area contributed by atoms with Crippen LogP contribution in [0.3, 0.4) is 0 Å². The third-order valence-corrected chi connectivity index (χ3v) is 3.88. The van der Waals surface area contributed by atoms with E-state index in [0.29, 0.717) is 18.1 Å². The van der Waals surface area contributed by atoms with Gasteiger partial charge in [0.25, 0.3) is 0 Å². The van der Waals surface area contributed by atoms with Crippen molar-refractivity contribution in [2.75, 3.05) is 6.54 Å². The number of amides is 1. The minimum absolute atomic E-state index is 0.138. The largest absolute Gasteiger partial charge is 0.445 e. The third kappa shape index (κ3) is 3.65. The zero-order valence-electron chi connectivity index (χ0n) is 12.8. The number of likely N-dealkylation sites (tertiary alicyclic amines) is 1. The molecule has 3 rings (SSSR count). The molecule has 0 bridgehead atoms. The van der Waals surface area contributed by atoms with Gasteiger partial charge in [0.15, 0.2) is 5.82 Å². The van der Waals surface area contributed by atoms with Gasteiger partial charge in [0.1, 0.15) is 6.61 Å². The average Bonchev–Trinajstić information content (AvgIpc) is 3.10. The van der Waals surface area contributed by atoms with Crippen molar-refractivity contribution in [1.82, 2.24) is 14.9 Å². The molecule has 0 aliphatic carbocycles. The third-order valence-electron chi connectivity index (χ3n) is 3.88. The average molecular weight is 313 g/mol. The monoisotopic (exact) mass is 313 g/mol. The Labute approximate surface area is 134 Å². The van der Waals surface area contributed by atoms with Gasteiger partial charge >= 0.3 is 6.09 Å². The van der Waals surface area contributed by atoms with E-state index in [1.165, 1.54) is 0 Å². The summed E-state index contributed by atoms with van der Waals surface area (Å²) in [6, 6.07) is 11.1. The van der Waals surface area contributed by atoms with Crippen LogP contribution in [0.15, 0.2) is 42.6 Å². The van der Waals surface area contributed by atoms with E-state index in [-0.39, 0.29) is 25.3 Å². The van der Waals surface area contributed by atoms with Crippen LogP contribution in [0.2, 0.25) is 0 Å². The van der Waals surface area contributed by atoms with Crippen molar-refractivity contribution in [2.45, 2.75) is 32.1 Å². The molecule has 0 radical (unpaired) electrons. The van der Waals surface area contributed by atoms with Crippen LogP contribution in [0.1, 0.15) is 36.0 Å². The van der Waals surface area contributed by atoms with Crippen molar-refractivity contribution in [3.05, 3.63) is 59.7 Å². The number of rotatable bonds is 4. The van der Waals surface area contributed by atoms with Gasteiger partial charge in [-0.05, 0) is 24.5 Å². The maximum Gasteiger partial charge on any atom is 0.410 e. The summed E-state index contributed by atoms with van der Waals surface area (Å²) in [4.78, 5) is 22.6. The fraction of sp³-hybridized carbons (Fsp3) is 0.353. The van der Waals surface area contributed by atoms with Crippen molar-refractivity contribution < 1.29 is 14.6 Å². The molecule has 1 aliphatic heterocycles. The van der Waals surface area contributed by atoms with Crippen molar-refractivity contribution in [3.63, 3.8) is 0 Å². The fourth-order valence-electron chi connectivity index (χ4n) is 2.72. The van der Waals surface area contributed by atoms with Crippen LogP contribution in [0.25, 0.3) is 0 Å². The smallest absolute Gasteiger partial charge is 0.410 e. The molecular formula is C17H19N3O3. The Morgan fingerprint density at radius 2 is 2.13 bits per heavy atom. The zero-order valence-corrected chi connectivity index (χ0v) is 12.8. The molecule has 1 fully saturated rings. The lowest BCUT2D eigenvalue weighted by atomic mass is 10.2. The molecular weight excluding hydrogens is 294 g/mol. The molecule has 1 saturated heterocycles. The topological polar surface area (TPSA) is 75.5 Å². The van der Waals surface area contributed by atoms with Gasteiger partial charge in [0.05, 0.1) is 18.3 Å². The van der Waals surface area contributed by atoms with E-state index < -0.39 is 0 Å². The van der Waals surface area contributed by atoms with Crippen LogP contribution in [-0.2, 0) is 18.0 Å². The highest BCUT2D eigenvalue weighted by Gasteiger charge is 2.33. The Hall–Kier alpha value is -2.47. The molecule has 0 unspecified atom stereocenters. The number of carbonyl (C=O) groups excluding carboxylic acids is 1. The number of benzene rings is 1. The predicted molar refractivity (Wildman–Crippen MR) is 83.3 cm³/mol. The summed E-state index contributed by atoms with van der Waals surface area (Å²) in [6.45, 7) is 0.742. The van der Waals surface area contributed by atoms with Gasteiger partial charge in [-0.1, -0.05) is 30.3 Å². The minimum atomic E-state index is -0.352. The van der Waals surface area contributed by atoms with Gasteiger partial charge in [-0.25, -0.2) is 14.8 Å². The standard InChI is InChI=1S/C17H19N3O3/c21-11-14-8-9-18-16(19-14)15-7-4-10-20(15)17(22)23-12-13-5-2-1-3-6-13/h1-3,5-6,8-9,15,21H,4,7,10-12H2/t15-/m0/s1. The second-order valence-electron chi connectivity index (χ2n) is 5.46. The van der Waals surface area contributed by atoms with E-state index in [0.717, 1.165) is 18.4 Å². The molecule has 120 valence electrons. The first-order valence-corrected chi connectivity index (χ1v) is 7.68. The first-order chi connectivity index (χ1) is 11.3. The number of nitrogens with zero attached hydrogens (tertiary/aromatic N) is 3. The Balaban J connectivity index is 1.67. The number of ether oxygens (including phenoxy) is 1. The maximum absolute atomic E-state index is 12.4. The normalized spacial score (nSPS) is 17.3. The molecule has 23 heavy (non-hydrogen) atoms. The maximum atomic E-state index is 12.4. The van der Waals surface area contributed by atoms with Crippen molar-refractivity contribution in [1.29, 1.82) is 0 Å². The van der Waals surface area contributed by atoms with E-state index in [2.05, 4.69) is 9.97 Å². The number of hydrogen-bond donors (Lipinski definition) is 1. The molecule has 1 amide bonds. The van der Waals surface area contributed by atoms with Gasteiger partial charge in [-0.15, -0.1) is 0 Å².